The Kier molecular flexibility index (Phi) is 7.54. The van der Waals surface area contributed by atoms with Crippen molar-refractivity contribution >= 4 is 10.9 Å². The van der Waals surface area contributed by atoms with Crippen LogP contribution in [0.2, 0.25) is 0 Å². The number of fused-ring (bicyclic) bond motifs is 1. The van der Waals surface area contributed by atoms with E-state index in [1.54, 1.807) is 31.2 Å². The zero-order valence-electron chi connectivity index (χ0n) is 11.9. The summed E-state index contributed by atoms with van der Waals surface area (Å²) in [5.41, 5.74) is 1.61. The van der Waals surface area contributed by atoms with E-state index in [9.17, 15) is 15.0 Å². The minimum Gasteiger partial charge on any atom is -0.508 e. The van der Waals surface area contributed by atoms with E-state index in [4.69, 9.17) is 0 Å². The monoisotopic (exact) mass is 722 g/mol. The number of nitrogens with one attached hydrogen (secondary N) is 1. The van der Waals surface area contributed by atoms with Gasteiger partial charge < -0.3 is 15.2 Å². The summed E-state index contributed by atoms with van der Waals surface area (Å²) in [5.74, 6) is 0.649. The predicted molar refractivity (Wildman–Crippen MR) is 75.9 cm³/mol. The predicted octanol–water partition coefficient (Wildman–Crippen LogP) is 2.31. The molecule has 3 aromatic rings. The Morgan fingerprint density at radius 2 is 1.77 bits per heavy atom. The van der Waals surface area contributed by atoms with Gasteiger partial charge in [-0.1, -0.05) is 0 Å². The van der Waals surface area contributed by atoms with Gasteiger partial charge >= 0.3 is 0 Å². The van der Waals surface area contributed by atoms with E-state index in [1.807, 2.05) is 0 Å². The van der Waals surface area contributed by atoms with E-state index in [0.717, 1.165) is 0 Å². The molecule has 7 heteroatoms. The number of hydrogen-bond donors (Lipinski definition) is 3. The quantitative estimate of drug-likeness (QED) is 0.361. The van der Waals surface area contributed by atoms with Crippen molar-refractivity contribution in [3.63, 3.8) is 0 Å². The smallest absolute Gasteiger partial charge is 0.259 e. The first-order valence-corrected chi connectivity index (χ1v) is 6.07. The minimum atomic E-state index is -0.313. The summed E-state index contributed by atoms with van der Waals surface area (Å²) < 4.78 is 0. The Morgan fingerprint density at radius 1 is 1.05 bits per heavy atom. The number of nitrogens with zero attached hydrogens (tertiary/aromatic N) is 1. The fourth-order valence-corrected chi connectivity index (χ4v) is 2.07. The molecule has 1 heterocycles. The molecule has 0 aliphatic carbocycles. The molecule has 1 aromatic heterocycles. The van der Waals surface area contributed by atoms with Crippen LogP contribution < -0.4 is 5.56 Å². The Hall–Kier alpha value is 0.0631. The van der Waals surface area contributed by atoms with E-state index >= 15 is 0 Å². The second kappa shape index (κ2) is 8.25. The van der Waals surface area contributed by atoms with Crippen LogP contribution in [0.5, 0.6) is 11.5 Å². The molecule has 0 fully saturated rings. The first-order valence-electron chi connectivity index (χ1n) is 6.07. The molecule has 22 heavy (non-hydrogen) atoms. The molecule has 2 aromatic carbocycles. The van der Waals surface area contributed by atoms with Crippen LogP contribution in [0.3, 0.4) is 0 Å². The third-order valence-electron chi connectivity index (χ3n) is 3.16. The largest absolute Gasteiger partial charge is 0.508 e. The van der Waals surface area contributed by atoms with Gasteiger partial charge in [0.15, 0.2) is 0 Å². The van der Waals surface area contributed by atoms with Crippen molar-refractivity contribution in [3.8, 4) is 22.9 Å². The Labute approximate surface area is 198 Å². The topological polar surface area (TPSA) is 86.2 Å². The number of phenolic OH excluding ortho intramolecular Hbond substituents is 2. The van der Waals surface area contributed by atoms with E-state index in [-0.39, 0.29) is 105 Å². The van der Waals surface area contributed by atoms with Crippen LogP contribution in [0.25, 0.3) is 22.3 Å². The van der Waals surface area contributed by atoms with Crippen molar-refractivity contribution in [3.05, 3.63) is 52.3 Å². The molecule has 0 amide bonds. The van der Waals surface area contributed by atoms with Gasteiger partial charge in [-0.25, -0.2) is 4.98 Å². The van der Waals surface area contributed by atoms with Crippen LogP contribution >= 0.6 is 0 Å². The first kappa shape index (κ1) is 20.1. The summed E-state index contributed by atoms with van der Waals surface area (Å²) in [4.78, 5) is 19.1. The molecule has 2 radical (unpaired) electrons. The van der Waals surface area contributed by atoms with Crippen molar-refractivity contribution in [2.75, 3.05) is 0 Å². The van der Waals surface area contributed by atoms with E-state index in [0.29, 0.717) is 27.9 Å². The molecule has 3 N–H and O–H groups in total. The van der Waals surface area contributed by atoms with Gasteiger partial charge in [0, 0.05) is 93.7 Å². The van der Waals surface area contributed by atoms with E-state index in [1.165, 1.54) is 12.1 Å². The van der Waals surface area contributed by atoms with E-state index in [2.05, 4.69) is 9.97 Å². The standard InChI is InChI=1S/C15H12N2O3.2Ac/c1-8-6-9(2-5-13(8)19)14-16-12-4-3-10(18)7-11(12)15(20)17-14;;/h2-7,18-19H,1H3,(H,16,17,20);;. The maximum atomic E-state index is 12.0. The summed E-state index contributed by atoms with van der Waals surface area (Å²) in [7, 11) is 0. The first-order chi connectivity index (χ1) is 9.54. The van der Waals surface area contributed by atoms with E-state index < -0.39 is 0 Å². The average Bonchev–Trinajstić information content (AvgIpc) is 2.42. The van der Waals surface area contributed by atoms with Crippen molar-refractivity contribution < 1.29 is 98.3 Å². The maximum Gasteiger partial charge on any atom is 0.259 e. The van der Waals surface area contributed by atoms with Gasteiger partial charge in [-0.3, -0.25) is 4.79 Å². The molecule has 0 aliphatic rings. The van der Waals surface area contributed by atoms with Gasteiger partial charge in [-0.15, -0.1) is 0 Å². The third kappa shape index (κ3) is 4.12. The molecule has 3 rings (SSSR count). The van der Waals surface area contributed by atoms with Crippen molar-refractivity contribution in [2.24, 2.45) is 0 Å². The summed E-state index contributed by atoms with van der Waals surface area (Å²) in [5, 5.41) is 19.3. The zero-order valence-corrected chi connectivity index (χ0v) is 21.4. The second-order valence-electron chi connectivity index (χ2n) is 4.62. The SMILES string of the molecule is Cc1cc(-c2nc3ccc(O)cc3c(=O)[nH]2)ccc1O.[Ac].[Ac]. The Morgan fingerprint density at radius 3 is 2.45 bits per heavy atom. The zero-order chi connectivity index (χ0) is 14.3. The summed E-state index contributed by atoms with van der Waals surface area (Å²) in [6.07, 6.45) is 0. The number of aromatic amines is 1. The Bertz CT molecular complexity index is 878. The van der Waals surface area contributed by atoms with Gasteiger partial charge in [0.1, 0.15) is 17.3 Å². The molecular formula is C15H12Ac2N2O3. The van der Waals surface area contributed by atoms with Gasteiger partial charge in [-0.2, -0.15) is 0 Å². The number of benzene rings is 2. The van der Waals surface area contributed by atoms with Crippen molar-refractivity contribution in [1.82, 2.24) is 9.97 Å². The number of phenols is 2. The van der Waals surface area contributed by atoms with Crippen LogP contribution in [0.15, 0.2) is 41.2 Å². The normalized spacial score (nSPS) is 9.86. The molecule has 0 aliphatic heterocycles. The fraction of sp³-hybridized carbons (Fsp3) is 0.0667. The maximum absolute atomic E-state index is 12.0. The molecule has 0 bridgehead atoms. The number of H-pyrrole nitrogens is 1. The van der Waals surface area contributed by atoms with Gasteiger partial charge in [0.2, 0.25) is 0 Å². The number of hydrogen-bond acceptors (Lipinski definition) is 4. The summed E-state index contributed by atoms with van der Waals surface area (Å²) in [6, 6.07) is 9.46. The van der Waals surface area contributed by atoms with Gasteiger partial charge in [-0.05, 0) is 48.9 Å². The molecule has 0 spiro atoms. The van der Waals surface area contributed by atoms with Crippen LogP contribution in [0.4, 0.5) is 0 Å². The second-order valence-corrected chi connectivity index (χ2v) is 4.62. The van der Waals surface area contributed by atoms with Crippen molar-refractivity contribution in [1.29, 1.82) is 0 Å². The molecule has 0 saturated carbocycles. The fourth-order valence-electron chi connectivity index (χ4n) is 2.07. The number of aromatic hydroxyl groups is 2. The molecule has 0 atom stereocenters. The minimum absolute atomic E-state index is 0. The van der Waals surface area contributed by atoms with Crippen molar-refractivity contribution in [2.45, 2.75) is 6.92 Å². The molecule has 5 nitrogen and oxygen atoms in total. The van der Waals surface area contributed by atoms with Gasteiger partial charge in [0.05, 0.1) is 10.9 Å². The third-order valence-corrected chi connectivity index (χ3v) is 3.16. The Balaban J connectivity index is 0.00000121. The van der Waals surface area contributed by atoms with Crippen LogP contribution in [-0.2, 0) is 0 Å². The molecule has 0 saturated heterocycles. The summed E-state index contributed by atoms with van der Waals surface area (Å²) >= 11 is 0. The molecule has 0 unspecified atom stereocenters. The average molecular weight is 722 g/mol. The number of aryl methyl sites for hydroxylation is 1. The molecular weight excluding hydrogens is 710 g/mol. The van der Waals surface area contributed by atoms with Gasteiger partial charge in [0.25, 0.3) is 5.56 Å². The van der Waals surface area contributed by atoms with Crippen LogP contribution in [0, 0.1) is 95.0 Å². The summed E-state index contributed by atoms with van der Waals surface area (Å²) in [6.45, 7) is 1.77. The number of rotatable bonds is 1. The van der Waals surface area contributed by atoms with Crippen LogP contribution in [-0.4, -0.2) is 20.2 Å². The molecule has 106 valence electrons. The van der Waals surface area contributed by atoms with Crippen LogP contribution in [0.1, 0.15) is 5.56 Å². The number of aromatic nitrogens is 2.